The van der Waals surface area contributed by atoms with Gasteiger partial charge >= 0.3 is 0 Å². The van der Waals surface area contributed by atoms with Gasteiger partial charge in [0.1, 0.15) is 0 Å². The third-order valence-electron chi connectivity index (χ3n) is 7.85. The molecule has 2 aliphatic rings. The highest BCUT2D eigenvalue weighted by molar-refractivity contribution is 7.89. The van der Waals surface area contributed by atoms with Gasteiger partial charge in [0.15, 0.2) is 0 Å². The minimum atomic E-state index is -3.60. The molecule has 0 N–H and O–H groups in total. The molecule has 1 saturated carbocycles. The molecule has 1 saturated heterocycles. The largest absolute Gasteiger partial charge is 0.383 e. The second kappa shape index (κ2) is 13.9. The van der Waals surface area contributed by atoms with Crippen LogP contribution in [0.15, 0.2) is 54.6 Å². The third-order valence-corrected chi connectivity index (χ3v) is 10.1. The van der Waals surface area contributed by atoms with Crippen LogP contribution in [-0.4, -0.2) is 86.0 Å². The minimum absolute atomic E-state index is 0.0210. The number of likely N-dealkylation sites (tertiary alicyclic amines) is 1. The average molecular weight is 590 g/mol. The number of benzene rings is 2. The van der Waals surface area contributed by atoms with E-state index in [1.54, 1.807) is 24.0 Å². The van der Waals surface area contributed by atoms with Crippen LogP contribution in [0.1, 0.15) is 49.7 Å². The molecule has 2 aromatic carbocycles. The number of amides is 2. The predicted molar refractivity (Wildman–Crippen MR) is 156 cm³/mol. The smallest absolute Gasteiger partial charge is 0.238 e. The molecule has 0 radical (unpaired) electrons. The number of rotatable bonds is 13. The van der Waals surface area contributed by atoms with E-state index in [1.807, 2.05) is 35.2 Å². The summed E-state index contributed by atoms with van der Waals surface area (Å²) in [5.41, 5.74) is 2.13. The number of ether oxygens (including phenoxy) is 1. The van der Waals surface area contributed by atoms with Crippen LogP contribution in [0.4, 0.5) is 0 Å². The van der Waals surface area contributed by atoms with Gasteiger partial charge in [0.25, 0.3) is 0 Å². The Morgan fingerprint density at radius 2 is 1.73 bits per heavy atom. The third kappa shape index (κ3) is 7.84. The number of nitrogens with zero attached hydrogens (tertiary/aromatic N) is 3. The van der Waals surface area contributed by atoms with Crippen LogP contribution in [0, 0.1) is 5.92 Å². The molecule has 10 heteroatoms. The first-order chi connectivity index (χ1) is 19.2. The van der Waals surface area contributed by atoms with E-state index in [0.717, 1.165) is 12.0 Å². The molecule has 0 unspecified atom stereocenters. The van der Waals surface area contributed by atoms with Crippen molar-refractivity contribution in [2.24, 2.45) is 5.92 Å². The van der Waals surface area contributed by atoms with E-state index in [4.69, 9.17) is 16.3 Å². The number of carbonyl (C=O) groups is 2. The Bertz CT molecular complexity index is 1230. The summed E-state index contributed by atoms with van der Waals surface area (Å²) < 4.78 is 32.2. The fourth-order valence-corrected chi connectivity index (χ4v) is 7.07. The van der Waals surface area contributed by atoms with Crippen LogP contribution in [0.5, 0.6) is 0 Å². The van der Waals surface area contributed by atoms with Crippen LogP contribution in [0.3, 0.4) is 0 Å². The van der Waals surface area contributed by atoms with Crippen molar-refractivity contribution in [3.63, 3.8) is 0 Å². The summed E-state index contributed by atoms with van der Waals surface area (Å²) in [6.07, 6.45) is 2.64. The normalized spacial score (nSPS) is 19.6. The molecule has 2 amide bonds. The van der Waals surface area contributed by atoms with E-state index < -0.39 is 10.0 Å². The van der Waals surface area contributed by atoms with E-state index >= 15 is 0 Å². The second-order valence-electron chi connectivity index (χ2n) is 10.7. The summed E-state index contributed by atoms with van der Waals surface area (Å²) in [5, 5.41) is 0.610. The summed E-state index contributed by atoms with van der Waals surface area (Å²) in [7, 11) is -2.09. The number of hydrogen-bond donors (Lipinski definition) is 0. The van der Waals surface area contributed by atoms with Crippen LogP contribution in [0.25, 0.3) is 0 Å². The molecule has 2 aromatic rings. The van der Waals surface area contributed by atoms with Crippen LogP contribution in [-0.2, 0) is 30.9 Å². The Hall–Kier alpha value is -2.46. The Morgan fingerprint density at radius 1 is 1.05 bits per heavy atom. The number of carbonyl (C=O) groups excluding carboxylic acids is 2. The summed E-state index contributed by atoms with van der Waals surface area (Å²) in [5.74, 6) is 0.245. The standard InChI is InChI=1S/C30H40ClN3O5S/c1-3-19-40(37,38)33(17-18-39-2)22-29(35)34(21-23-9-11-25(31)12-10-23)26-13-15-32(16-14-26)30(36)28-20-27(28)24-7-5-4-6-8-24/h4-12,26-28H,3,13-22H2,1-2H3/t27-,28+/m1/s1. The molecular formula is C30H40ClN3O5S. The van der Waals surface area contributed by atoms with Crippen LogP contribution < -0.4 is 0 Å². The summed E-state index contributed by atoms with van der Waals surface area (Å²) in [4.78, 5) is 30.7. The molecule has 1 heterocycles. The number of halogens is 1. The topological polar surface area (TPSA) is 87.2 Å². The summed E-state index contributed by atoms with van der Waals surface area (Å²) in [6.45, 7) is 3.40. The molecule has 2 atom stereocenters. The van der Waals surface area contributed by atoms with Crippen molar-refractivity contribution in [3.05, 3.63) is 70.7 Å². The Balaban J connectivity index is 1.44. The maximum atomic E-state index is 13.7. The minimum Gasteiger partial charge on any atom is -0.383 e. The van der Waals surface area contributed by atoms with Crippen LogP contribution >= 0.6 is 11.6 Å². The zero-order chi connectivity index (χ0) is 28.7. The molecule has 1 aliphatic carbocycles. The maximum Gasteiger partial charge on any atom is 0.238 e. The van der Waals surface area contributed by atoms with E-state index in [2.05, 4.69) is 12.1 Å². The van der Waals surface area contributed by atoms with Gasteiger partial charge in [-0.25, -0.2) is 8.42 Å². The van der Waals surface area contributed by atoms with Gasteiger partial charge in [-0.2, -0.15) is 4.31 Å². The van der Waals surface area contributed by atoms with Gasteiger partial charge in [-0.15, -0.1) is 0 Å². The Kier molecular flexibility index (Phi) is 10.6. The lowest BCUT2D eigenvalue weighted by atomic mass is 10.0. The van der Waals surface area contributed by atoms with E-state index in [9.17, 15) is 18.0 Å². The molecule has 4 rings (SSSR count). The lowest BCUT2D eigenvalue weighted by Gasteiger charge is -2.39. The van der Waals surface area contributed by atoms with E-state index in [-0.39, 0.29) is 55.1 Å². The van der Waals surface area contributed by atoms with Gasteiger partial charge in [-0.1, -0.05) is 61.0 Å². The molecule has 218 valence electrons. The van der Waals surface area contributed by atoms with E-state index in [0.29, 0.717) is 43.9 Å². The molecule has 8 nitrogen and oxygen atoms in total. The lowest BCUT2D eigenvalue weighted by Crippen LogP contribution is -2.52. The van der Waals surface area contributed by atoms with Crippen molar-refractivity contribution in [2.75, 3.05) is 45.6 Å². The second-order valence-corrected chi connectivity index (χ2v) is 13.2. The number of piperidine rings is 1. The highest BCUT2D eigenvalue weighted by Crippen LogP contribution is 2.48. The summed E-state index contributed by atoms with van der Waals surface area (Å²) >= 11 is 6.08. The first-order valence-corrected chi connectivity index (χ1v) is 16.1. The highest BCUT2D eigenvalue weighted by atomic mass is 35.5. The van der Waals surface area contributed by atoms with Gasteiger partial charge < -0.3 is 14.5 Å². The van der Waals surface area contributed by atoms with Gasteiger partial charge in [-0.3, -0.25) is 9.59 Å². The average Bonchev–Trinajstić information content (AvgIpc) is 3.76. The first kappa shape index (κ1) is 30.5. The fourth-order valence-electron chi connectivity index (χ4n) is 5.51. The van der Waals surface area contributed by atoms with Crippen molar-refractivity contribution in [3.8, 4) is 0 Å². The zero-order valence-electron chi connectivity index (χ0n) is 23.4. The van der Waals surface area contributed by atoms with Crippen LogP contribution in [0.2, 0.25) is 5.02 Å². The number of sulfonamides is 1. The SMILES string of the molecule is CCCS(=O)(=O)N(CCOC)CC(=O)N(Cc1ccc(Cl)cc1)C1CCN(C(=O)[C@H]2C[C@@H]2c2ccccc2)CC1. The lowest BCUT2D eigenvalue weighted by molar-refractivity contribution is -0.138. The molecule has 0 spiro atoms. The molecule has 40 heavy (non-hydrogen) atoms. The molecular weight excluding hydrogens is 550 g/mol. The first-order valence-electron chi connectivity index (χ1n) is 14.1. The van der Waals surface area contributed by atoms with Crippen molar-refractivity contribution in [1.29, 1.82) is 0 Å². The van der Waals surface area contributed by atoms with Crippen molar-refractivity contribution in [2.45, 2.75) is 51.1 Å². The van der Waals surface area contributed by atoms with Gasteiger partial charge in [0.2, 0.25) is 21.8 Å². The van der Waals surface area contributed by atoms with Crippen molar-refractivity contribution in [1.82, 2.24) is 14.1 Å². The molecule has 2 fully saturated rings. The predicted octanol–water partition coefficient (Wildman–Crippen LogP) is 4.15. The van der Waals surface area contributed by atoms with Gasteiger partial charge in [-0.05, 0) is 54.9 Å². The molecule has 0 aromatic heterocycles. The monoisotopic (exact) mass is 589 g/mol. The zero-order valence-corrected chi connectivity index (χ0v) is 24.9. The quantitative estimate of drug-likeness (QED) is 0.350. The number of methoxy groups -OCH3 is 1. The van der Waals surface area contributed by atoms with Gasteiger partial charge in [0, 0.05) is 50.3 Å². The fraction of sp³-hybridized carbons (Fsp3) is 0.533. The summed E-state index contributed by atoms with van der Waals surface area (Å²) in [6, 6.07) is 17.4. The van der Waals surface area contributed by atoms with Crippen molar-refractivity contribution < 1.29 is 22.7 Å². The highest BCUT2D eigenvalue weighted by Gasteiger charge is 2.46. The maximum absolute atomic E-state index is 13.7. The van der Waals surface area contributed by atoms with Crippen molar-refractivity contribution >= 4 is 33.4 Å². The number of hydrogen-bond acceptors (Lipinski definition) is 5. The molecule has 1 aliphatic heterocycles. The Morgan fingerprint density at radius 3 is 2.35 bits per heavy atom. The van der Waals surface area contributed by atoms with E-state index in [1.165, 1.54) is 17.0 Å². The Labute approximate surface area is 243 Å². The van der Waals surface area contributed by atoms with Gasteiger partial charge in [0.05, 0.1) is 18.9 Å². The molecule has 0 bridgehead atoms.